The molecule has 0 spiro atoms. The lowest BCUT2D eigenvalue weighted by Crippen LogP contribution is -2.42. The van der Waals surface area contributed by atoms with E-state index in [0.717, 1.165) is 46.1 Å². The van der Waals surface area contributed by atoms with Gasteiger partial charge < -0.3 is 9.47 Å². The number of amides is 1. The van der Waals surface area contributed by atoms with E-state index in [4.69, 9.17) is 14.5 Å². The molecule has 2 aliphatic heterocycles. The van der Waals surface area contributed by atoms with Crippen LogP contribution >= 0.6 is 11.8 Å². The first-order valence-corrected chi connectivity index (χ1v) is 11.7. The van der Waals surface area contributed by atoms with Gasteiger partial charge in [-0.3, -0.25) is 9.69 Å². The van der Waals surface area contributed by atoms with E-state index in [2.05, 4.69) is 0 Å². The largest absolute Gasteiger partial charge is 0.494 e. The van der Waals surface area contributed by atoms with E-state index < -0.39 is 5.92 Å². The third-order valence-corrected chi connectivity index (χ3v) is 6.79. The average Bonchev–Trinajstić information content (AvgIpc) is 2.82. The number of thioether (sulfide) groups is 1. The molecule has 0 unspecified atom stereocenters. The predicted octanol–water partition coefficient (Wildman–Crippen LogP) is 5.89. The van der Waals surface area contributed by atoms with Crippen LogP contribution in [0.25, 0.3) is 0 Å². The third kappa shape index (κ3) is 3.75. The molecule has 0 atom stereocenters. The van der Waals surface area contributed by atoms with E-state index >= 15 is 0 Å². The van der Waals surface area contributed by atoms with Gasteiger partial charge in [0.15, 0.2) is 5.17 Å². The van der Waals surface area contributed by atoms with Gasteiger partial charge in [0.25, 0.3) is 0 Å². The maximum Gasteiger partial charge on any atom is 0.240 e. The summed E-state index contributed by atoms with van der Waals surface area (Å²) in [5.74, 6) is 2.67. The summed E-state index contributed by atoms with van der Waals surface area (Å²) >= 11 is 1.61. The van der Waals surface area contributed by atoms with E-state index in [1.165, 1.54) is 0 Å². The molecule has 5 nitrogen and oxygen atoms in total. The second kappa shape index (κ2) is 8.71. The van der Waals surface area contributed by atoms with E-state index in [1.54, 1.807) is 18.9 Å². The number of carbonyl (C=O) groups is 1. The van der Waals surface area contributed by atoms with Gasteiger partial charge in [0, 0.05) is 23.4 Å². The summed E-state index contributed by atoms with van der Waals surface area (Å²) in [5.41, 5.74) is 3.61. The summed E-state index contributed by atoms with van der Waals surface area (Å²) in [7, 11) is 1.64. The Kier molecular flexibility index (Phi) is 5.62. The molecular formula is C26H24N2O3S. The first-order chi connectivity index (χ1) is 15.7. The number of amidine groups is 1. The second-order valence-corrected chi connectivity index (χ2v) is 8.93. The zero-order valence-electron chi connectivity index (χ0n) is 18.1. The quantitative estimate of drug-likeness (QED) is 0.505. The number of ether oxygens (including phenoxy) is 2. The van der Waals surface area contributed by atoms with Crippen LogP contribution in [0.15, 0.2) is 71.7 Å². The first kappa shape index (κ1) is 20.6. The first-order valence-electron chi connectivity index (χ1n) is 10.7. The van der Waals surface area contributed by atoms with Gasteiger partial charge in [-0.25, -0.2) is 4.99 Å². The molecule has 0 bridgehead atoms. The van der Waals surface area contributed by atoms with Gasteiger partial charge in [0.2, 0.25) is 5.91 Å². The Morgan fingerprint density at radius 3 is 2.44 bits per heavy atom. The lowest BCUT2D eigenvalue weighted by Gasteiger charge is -2.34. The van der Waals surface area contributed by atoms with Crippen molar-refractivity contribution in [3.8, 4) is 17.2 Å². The van der Waals surface area contributed by atoms with Crippen LogP contribution in [-0.2, 0) is 4.79 Å². The number of hydrogen-bond acceptors (Lipinski definition) is 5. The highest BCUT2D eigenvalue weighted by atomic mass is 32.2. The minimum Gasteiger partial charge on any atom is -0.494 e. The van der Waals surface area contributed by atoms with Crippen molar-refractivity contribution in [3.63, 3.8) is 0 Å². The molecule has 32 heavy (non-hydrogen) atoms. The minimum atomic E-state index is -0.431. The number of aliphatic imine (C=N–C) groups is 1. The highest BCUT2D eigenvalue weighted by molar-refractivity contribution is 8.13. The van der Waals surface area contributed by atoms with Crippen molar-refractivity contribution in [1.82, 2.24) is 4.90 Å². The molecule has 0 aliphatic carbocycles. The van der Waals surface area contributed by atoms with Gasteiger partial charge in [-0.05, 0) is 43.2 Å². The number of aryl methyl sites for hydroxylation is 1. The van der Waals surface area contributed by atoms with Crippen molar-refractivity contribution in [1.29, 1.82) is 0 Å². The summed E-state index contributed by atoms with van der Waals surface area (Å²) in [4.78, 5) is 20.8. The van der Waals surface area contributed by atoms with Gasteiger partial charge in [0.05, 0.1) is 13.0 Å². The maximum atomic E-state index is 14.0. The molecule has 0 N–H and O–H groups in total. The predicted molar refractivity (Wildman–Crippen MR) is 128 cm³/mol. The Morgan fingerprint density at radius 2 is 1.75 bits per heavy atom. The summed E-state index contributed by atoms with van der Waals surface area (Å²) in [5, 5.41) is 0.714. The van der Waals surface area contributed by atoms with Crippen molar-refractivity contribution in [2.45, 2.75) is 19.3 Å². The molecule has 2 aliphatic rings. The van der Waals surface area contributed by atoms with Crippen LogP contribution < -0.4 is 9.47 Å². The fraction of sp³-hybridized carbons (Fsp3) is 0.231. The van der Waals surface area contributed by atoms with Crippen LogP contribution in [0, 0.1) is 6.92 Å². The molecule has 6 heteroatoms. The molecule has 3 aromatic rings. The monoisotopic (exact) mass is 444 g/mol. The summed E-state index contributed by atoms with van der Waals surface area (Å²) < 4.78 is 11.6. The fourth-order valence-corrected chi connectivity index (χ4v) is 5.14. The summed E-state index contributed by atoms with van der Waals surface area (Å²) in [6, 6.07) is 21.5. The zero-order valence-corrected chi connectivity index (χ0v) is 18.9. The summed E-state index contributed by atoms with van der Waals surface area (Å²) in [6.45, 7) is 2.66. The molecule has 0 saturated carbocycles. The third-order valence-electron chi connectivity index (χ3n) is 5.73. The lowest BCUT2D eigenvalue weighted by atomic mass is 9.87. The number of benzene rings is 3. The van der Waals surface area contributed by atoms with Crippen LogP contribution in [0.5, 0.6) is 17.2 Å². The van der Waals surface area contributed by atoms with Crippen molar-refractivity contribution < 1.29 is 14.3 Å². The Bertz CT molecular complexity index is 1160. The maximum absolute atomic E-state index is 14.0. The topological polar surface area (TPSA) is 51.1 Å². The van der Waals surface area contributed by atoms with Gasteiger partial charge in [-0.2, -0.15) is 0 Å². The Morgan fingerprint density at radius 1 is 1.06 bits per heavy atom. The molecule has 5 rings (SSSR count). The standard InChI is InChI=1S/C26H24N2O3S/c1-17-12-13-23(30-2)20(16-17)27-26-28(14-7-15-32-26)25(29)24-18-8-3-5-10-21(18)31-22-11-6-4-9-19(22)24/h3-6,8-13,16,24H,7,14-15H2,1-2H3. The second-order valence-electron chi connectivity index (χ2n) is 7.87. The van der Waals surface area contributed by atoms with Crippen molar-refractivity contribution >= 4 is 28.5 Å². The Balaban J connectivity index is 1.57. The van der Waals surface area contributed by atoms with E-state index in [9.17, 15) is 4.79 Å². The van der Waals surface area contributed by atoms with Crippen molar-refractivity contribution in [3.05, 3.63) is 83.4 Å². The van der Waals surface area contributed by atoms with Crippen molar-refractivity contribution in [2.75, 3.05) is 19.4 Å². The highest BCUT2D eigenvalue weighted by Gasteiger charge is 2.37. The minimum absolute atomic E-state index is 0.0192. The molecule has 0 aromatic heterocycles. The van der Waals surface area contributed by atoms with Crippen LogP contribution in [0.1, 0.15) is 29.0 Å². The van der Waals surface area contributed by atoms with Gasteiger partial charge >= 0.3 is 0 Å². The molecule has 162 valence electrons. The fourth-order valence-electron chi connectivity index (χ4n) is 4.18. The average molecular weight is 445 g/mol. The number of carbonyl (C=O) groups excluding carboxylic acids is 1. The molecule has 1 saturated heterocycles. The van der Waals surface area contributed by atoms with Gasteiger partial charge in [-0.1, -0.05) is 54.2 Å². The molecule has 1 fully saturated rings. The summed E-state index contributed by atoms with van der Waals surface area (Å²) in [6.07, 6.45) is 0.924. The number of para-hydroxylation sites is 2. The number of hydrogen-bond donors (Lipinski definition) is 0. The Labute approximate surface area is 192 Å². The number of fused-ring (bicyclic) bond motifs is 2. The highest BCUT2D eigenvalue weighted by Crippen LogP contribution is 2.45. The van der Waals surface area contributed by atoms with Gasteiger partial charge in [0.1, 0.15) is 22.9 Å². The zero-order chi connectivity index (χ0) is 22.1. The Hall–Kier alpha value is -3.25. The smallest absolute Gasteiger partial charge is 0.240 e. The van der Waals surface area contributed by atoms with Crippen LogP contribution in [-0.4, -0.2) is 35.4 Å². The normalized spacial score (nSPS) is 16.8. The molecule has 1 amide bonds. The van der Waals surface area contributed by atoms with Crippen LogP contribution in [0.2, 0.25) is 0 Å². The molecule has 2 heterocycles. The molecule has 3 aromatic carbocycles. The van der Waals surface area contributed by atoms with Crippen LogP contribution in [0.4, 0.5) is 5.69 Å². The van der Waals surface area contributed by atoms with Crippen LogP contribution in [0.3, 0.4) is 0 Å². The van der Waals surface area contributed by atoms with E-state index in [1.807, 2.05) is 78.6 Å². The van der Waals surface area contributed by atoms with Crippen molar-refractivity contribution in [2.24, 2.45) is 4.99 Å². The van der Waals surface area contributed by atoms with E-state index in [0.29, 0.717) is 17.5 Å². The number of rotatable bonds is 3. The number of methoxy groups -OCH3 is 1. The SMILES string of the molecule is COc1ccc(C)cc1N=C1SCCCN1C(=O)C1c2ccccc2Oc2ccccc21. The number of nitrogens with zero attached hydrogens (tertiary/aromatic N) is 2. The van der Waals surface area contributed by atoms with Gasteiger partial charge in [-0.15, -0.1) is 0 Å². The molecule has 0 radical (unpaired) electrons. The van der Waals surface area contributed by atoms with E-state index in [-0.39, 0.29) is 5.91 Å². The molecular weight excluding hydrogens is 420 g/mol. The lowest BCUT2D eigenvalue weighted by molar-refractivity contribution is -0.128.